The minimum absolute atomic E-state index is 0.0616. The Morgan fingerprint density at radius 1 is 1.28 bits per heavy atom. The number of rotatable bonds is 3. The van der Waals surface area contributed by atoms with Crippen LogP contribution in [0.3, 0.4) is 0 Å². The van der Waals surface area contributed by atoms with Gasteiger partial charge in [0.2, 0.25) is 5.65 Å². The van der Waals surface area contributed by atoms with Crippen LogP contribution in [0.15, 0.2) is 30.5 Å². The molecule has 25 heavy (non-hydrogen) atoms. The lowest BCUT2D eigenvalue weighted by molar-refractivity contribution is 0.135. The molecule has 1 aliphatic heterocycles. The lowest BCUT2D eigenvalue weighted by Gasteiger charge is -2.36. The number of aromatic nitrogens is 4. The van der Waals surface area contributed by atoms with E-state index in [9.17, 15) is 4.39 Å². The summed E-state index contributed by atoms with van der Waals surface area (Å²) in [5, 5.41) is 7.85. The summed E-state index contributed by atoms with van der Waals surface area (Å²) in [6, 6.07) is 7.50. The predicted octanol–water partition coefficient (Wildman–Crippen LogP) is 2.94. The third kappa shape index (κ3) is 2.94. The van der Waals surface area contributed by atoms with Gasteiger partial charge in [-0.15, -0.1) is 0 Å². The molecule has 0 bridgehead atoms. The fourth-order valence-electron chi connectivity index (χ4n) is 3.13. The van der Waals surface area contributed by atoms with Crippen LogP contribution in [0, 0.1) is 0 Å². The lowest BCUT2D eigenvalue weighted by Crippen LogP contribution is -2.46. The zero-order valence-corrected chi connectivity index (χ0v) is 14.3. The first kappa shape index (κ1) is 16.2. The molecular formula is C17H18ClFN6. The molecule has 3 aromatic rings. The van der Waals surface area contributed by atoms with E-state index in [0.717, 1.165) is 11.3 Å². The van der Waals surface area contributed by atoms with Crippen molar-refractivity contribution in [2.24, 2.45) is 5.73 Å². The first-order valence-electron chi connectivity index (χ1n) is 8.20. The summed E-state index contributed by atoms with van der Waals surface area (Å²) in [7, 11) is 0. The second-order valence-electron chi connectivity index (χ2n) is 6.32. The number of anilines is 1. The lowest BCUT2D eigenvalue weighted by atomic mass is 9.93. The standard InChI is InChI=1S/C17H18ClFN6/c18-12-4-2-1-3-11(12)14-15-16(24-23-14)22-13(9-21-15)25-7-5-17(19,10-20)6-8-25/h1-4,9H,5-8,10,20H2,(H,22,23,24). The molecule has 0 aliphatic carbocycles. The van der Waals surface area contributed by atoms with E-state index in [4.69, 9.17) is 17.3 Å². The summed E-state index contributed by atoms with van der Waals surface area (Å²) in [6.45, 7) is 1.19. The predicted molar refractivity (Wildman–Crippen MR) is 96.5 cm³/mol. The smallest absolute Gasteiger partial charge is 0.202 e. The number of nitrogens with zero attached hydrogens (tertiary/aromatic N) is 4. The molecule has 0 unspecified atom stereocenters. The number of H-pyrrole nitrogens is 1. The number of piperidine rings is 1. The number of halogens is 2. The van der Waals surface area contributed by atoms with Crippen molar-refractivity contribution in [3.8, 4) is 11.3 Å². The van der Waals surface area contributed by atoms with E-state index in [0.29, 0.717) is 47.9 Å². The van der Waals surface area contributed by atoms with Gasteiger partial charge in [-0.25, -0.2) is 14.4 Å². The molecule has 0 amide bonds. The van der Waals surface area contributed by atoms with E-state index < -0.39 is 5.67 Å². The largest absolute Gasteiger partial charge is 0.355 e. The summed E-state index contributed by atoms with van der Waals surface area (Å²) in [6.07, 6.45) is 2.50. The van der Waals surface area contributed by atoms with Crippen molar-refractivity contribution in [2.75, 3.05) is 24.5 Å². The van der Waals surface area contributed by atoms with Crippen LogP contribution < -0.4 is 10.6 Å². The molecule has 3 N–H and O–H groups in total. The number of benzene rings is 1. The molecule has 8 heteroatoms. The molecule has 1 saturated heterocycles. The summed E-state index contributed by atoms with van der Waals surface area (Å²) in [5.41, 5.74) is 7.00. The first-order chi connectivity index (χ1) is 12.1. The Labute approximate surface area is 149 Å². The number of aromatic amines is 1. The quantitative estimate of drug-likeness (QED) is 0.750. The molecule has 0 saturated carbocycles. The Morgan fingerprint density at radius 2 is 2.04 bits per heavy atom. The second kappa shape index (κ2) is 6.24. The van der Waals surface area contributed by atoms with Crippen LogP contribution in [0.5, 0.6) is 0 Å². The van der Waals surface area contributed by atoms with Gasteiger partial charge in [0.15, 0.2) is 0 Å². The fraction of sp³-hybridized carbons (Fsp3) is 0.353. The van der Waals surface area contributed by atoms with Crippen LogP contribution in [0.4, 0.5) is 10.2 Å². The number of alkyl halides is 1. The van der Waals surface area contributed by atoms with Gasteiger partial charge in [0, 0.05) is 38.0 Å². The highest BCUT2D eigenvalue weighted by Crippen LogP contribution is 2.32. The minimum atomic E-state index is -1.27. The molecule has 130 valence electrons. The van der Waals surface area contributed by atoms with Gasteiger partial charge in [0.05, 0.1) is 16.9 Å². The normalized spacial score (nSPS) is 17.2. The average Bonchev–Trinajstić information content (AvgIpc) is 3.06. The average molecular weight is 361 g/mol. The Hall–Kier alpha value is -2.25. The maximum atomic E-state index is 14.3. The van der Waals surface area contributed by atoms with Gasteiger partial charge in [-0.05, 0) is 6.07 Å². The highest BCUT2D eigenvalue weighted by molar-refractivity contribution is 6.33. The molecule has 0 atom stereocenters. The van der Waals surface area contributed by atoms with E-state index >= 15 is 0 Å². The van der Waals surface area contributed by atoms with Crippen molar-refractivity contribution in [3.05, 3.63) is 35.5 Å². The van der Waals surface area contributed by atoms with Gasteiger partial charge in [-0.3, -0.25) is 5.10 Å². The Kier molecular flexibility index (Phi) is 4.05. The summed E-state index contributed by atoms with van der Waals surface area (Å²) < 4.78 is 14.3. The van der Waals surface area contributed by atoms with Gasteiger partial charge in [-0.2, -0.15) is 5.10 Å². The SMILES string of the molecule is NCC1(F)CCN(c2cnc3c(-c4ccccc4Cl)[nH]nc3n2)CC1. The Bertz CT molecular complexity index is 903. The molecule has 1 fully saturated rings. The maximum Gasteiger partial charge on any atom is 0.202 e. The number of nitrogens with two attached hydrogens (primary N) is 1. The summed E-state index contributed by atoms with van der Waals surface area (Å²) in [5.74, 6) is 0.698. The molecule has 4 rings (SSSR count). The van der Waals surface area contributed by atoms with Gasteiger partial charge in [0.1, 0.15) is 17.0 Å². The molecule has 6 nitrogen and oxygen atoms in total. The van der Waals surface area contributed by atoms with Crippen molar-refractivity contribution in [3.63, 3.8) is 0 Å². The minimum Gasteiger partial charge on any atom is -0.355 e. The molecule has 1 aliphatic rings. The van der Waals surface area contributed by atoms with Crippen LogP contribution in [-0.2, 0) is 0 Å². The maximum absolute atomic E-state index is 14.3. The molecule has 0 radical (unpaired) electrons. The second-order valence-corrected chi connectivity index (χ2v) is 6.73. The molecule has 2 aromatic heterocycles. The molecule has 3 heterocycles. The first-order valence-corrected chi connectivity index (χ1v) is 8.57. The molecular weight excluding hydrogens is 343 g/mol. The summed E-state index contributed by atoms with van der Waals surface area (Å²) in [4.78, 5) is 11.1. The van der Waals surface area contributed by atoms with Crippen molar-refractivity contribution in [1.29, 1.82) is 0 Å². The van der Waals surface area contributed by atoms with Crippen molar-refractivity contribution in [2.45, 2.75) is 18.5 Å². The van der Waals surface area contributed by atoms with E-state index in [1.54, 1.807) is 6.20 Å². The number of nitrogens with one attached hydrogen (secondary N) is 1. The van der Waals surface area contributed by atoms with Crippen LogP contribution in [0.1, 0.15) is 12.8 Å². The highest BCUT2D eigenvalue weighted by atomic mass is 35.5. The third-order valence-electron chi connectivity index (χ3n) is 4.74. The van der Waals surface area contributed by atoms with Crippen LogP contribution in [0.2, 0.25) is 5.02 Å². The van der Waals surface area contributed by atoms with E-state index in [-0.39, 0.29) is 6.54 Å². The topological polar surface area (TPSA) is 83.7 Å². The van der Waals surface area contributed by atoms with E-state index in [2.05, 4.69) is 20.2 Å². The number of fused-ring (bicyclic) bond motifs is 1. The fourth-order valence-corrected chi connectivity index (χ4v) is 3.36. The van der Waals surface area contributed by atoms with Crippen LogP contribution in [-0.4, -0.2) is 45.5 Å². The van der Waals surface area contributed by atoms with Gasteiger partial charge >= 0.3 is 0 Å². The van der Waals surface area contributed by atoms with Crippen LogP contribution in [0.25, 0.3) is 22.4 Å². The zero-order chi connectivity index (χ0) is 17.4. The van der Waals surface area contributed by atoms with E-state index in [1.807, 2.05) is 29.2 Å². The van der Waals surface area contributed by atoms with Crippen molar-refractivity contribution < 1.29 is 4.39 Å². The molecule has 1 aromatic carbocycles. The Morgan fingerprint density at radius 3 is 2.76 bits per heavy atom. The van der Waals surface area contributed by atoms with Crippen molar-refractivity contribution >= 4 is 28.6 Å². The van der Waals surface area contributed by atoms with Gasteiger partial charge in [-0.1, -0.05) is 29.8 Å². The van der Waals surface area contributed by atoms with Gasteiger partial charge < -0.3 is 10.6 Å². The monoisotopic (exact) mass is 360 g/mol. The van der Waals surface area contributed by atoms with Crippen LogP contribution >= 0.6 is 11.6 Å². The highest BCUT2D eigenvalue weighted by Gasteiger charge is 2.33. The van der Waals surface area contributed by atoms with Gasteiger partial charge in [0.25, 0.3) is 0 Å². The summed E-state index contributed by atoms with van der Waals surface area (Å²) >= 11 is 6.26. The van der Waals surface area contributed by atoms with E-state index in [1.165, 1.54) is 0 Å². The van der Waals surface area contributed by atoms with Crippen molar-refractivity contribution in [1.82, 2.24) is 20.2 Å². The zero-order valence-electron chi connectivity index (χ0n) is 13.5. The number of hydrogen-bond donors (Lipinski definition) is 2. The third-order valence-corrected chi connectivity index (χ3v) is 5.07. The molecule has 0 spiro atoms. The Balaban J connectivity index is 1.64. The number of hydrogen-bond acceptors (Lipinski definition) is 5.